The molecule has 1 aromatic carbocycles. The number of carbonyl (C=O) groups excluding carboxylic acids is 1. The van der Waals surface area contributed by atoms with E-state index in [0.29, 0.717) is 13.1 Å². The fourth-order valence-corrected chi connectivity index (χ4v) is 2.38. The van der Waals surface area contributed by atoms with Crippen LogP contribution in [0.1, 0.15) is 19.8 Å². The normalized spacial score (nSPS) is 17.8. The van der Waals surface area contributed by atoms with Crippen LogP contribution in [0.25, 0.3) is 0 Å². The monoisotopic (exact) mass is 265 g/mol. The van der Waals surface area contributed by atoms with Crippen molar-refractivity contribution in [2.45, 2.75) is 25.3 Å². The van der Waals surface area contributed by atoms with Crippen LogP contribution in [-0.2, 0) is 4.79 Å². The van der Waals surface area contributed by atoms with Gasteiger partial charge in [0.2, 0.25) is 5.91 Å². The van der Waals surface area contributed by atoms with Gasteiger partial charge in [0, 0.05) is 18.8 Å². The average molecular weight is 265 g/mol. The van der Waals surface area contributed by atoms with E-state index >= 15 is 0 Å². The molecule has 4 N–H and O–H groups in total. The maximum atomic E-state index is 13.3. The summed E-state index contributed by atoms with van der Waals surface area (Å²) in [5.74, 6) is -0.637. The van der Waals surface area contributed by atoms with Crippen molar-refractivity contribution in [1.29, 1.82) is 0 Å². The highest BCUT2D eigenvalue weighted by Gasteiger charge is 2.47. The van der Waals surface area contributed by atoms with Gasteiger partial charge in [0.05, 0.1) is 0 Å². The maximum absolute atomic E-state index is 13.3. The van der Waals surface area contributed by atoms with Crippen LogP contribution in [0.4, 0.5) is 10.1 Å². The van der Waals surface area contributed by atoms with Crippen LogP contribution in [-0.4, -0.2) is 24.5 Å². The second-order valence-corrected chi connectivity index (χ2v) is 5.17. The Balaban J connectivity index is 2.20. The van der Waals surface area contributed by atoms with Gasteiger partial charge in [-0.1, -0.05) is 6.07 Å². The molecule has 1 aromatic rings. The third kappa shape index (κ3) is 2.87. The number of halogens is 1. The highest BCUT2D eigenvalue weighted by molar-refractivity contribution is 5.86. The Morgan fingerprint density at radius 2 is 2.21 bits per heavy atom. The van der Waals surface area contributed by atoms with E-state index in [1.807, 2.05) is 11.8 Å². The lowest BCUT2D eigenvalue weighted by molar-refractivity contribution is -0.123. The molecule has 0 aliphatic heterocycles. The Hall–Kier alpha value is -1.62. The van der Waals surface area contributed by atoms with E-state index in [2.05, 4.69) is 0 Å². The van der Waals surface area contributed by atoms with E-state index < -0.39 is 11.4 Å². The van der Waals surface area contributed by atoms with Crippen LogP contribution in [0.15, 0.2) is 24.3 Å². The summed E-state index contributed by atoms with van der Waals surface area (Å²) < 4.78 is 13.3. The Bertz CT molecular complexity index is 476. The SMILES string of the molecule is CCN(CC(N)(C(N)=O)C1CC1)c1cccc(F)c1. The first-order valence-electron chi connectivity index (χ1n) is 6.56. The van der Waals surface area contributed by atoms with Crippen molar-refractivity contribution in [3.8, 4) is 0 Å². The van der Waals surface area contributed by atoms with E-state index in [-0.39, 0.29) is 11.7 Å². The summed E-state index contributed by atoms with van der Waals surface area (Å²) in [5, 5.41) is 0. The van der Waals surface area contributed by atoms with Gasteiger partial charge in [0.15, 0.2) is 0 Å². The minimum atomic E-state index is -1.03. The number of primary amides is 1. The van der Waals surface area contributed by atoms with Gasteiger partial charge >= 0.3 is 0 Å². The fraction of sp³-hybridized carbons (Fsp3) is 0.500. The summed E-state index contributed by atoms with van der Waals surface area (Å²) in [6.45, 7) is 2.91. The number of hydrogen-bond donors (Lipinski definition) is 2. The van der Waals surface area contributed by atoms with Gasteiger partial charge in [-0.2, -0.15) is 0 Å². The number of amides is 1. The van der Waals surface area contributed by atoms with Crippen LogP contribution < -0.4 is 16.4 Å². The molecule has 0 bridgehead atoms. The van der Waals surface area contributed by atoms with E-state index in [9.17, 15) is 9.18 Å². The quantitative estimate of drug-likeness (QED) is 0.813. The number of benzene rings is 1. The third-order valence-electron chi connectivity index (χ3n) is 3.77. The van der Waals surface area contributed by atoms with E-state index in [0.717, 1.165) is 18.5 Å². The zero-order valence-corrected chi connectivity index (χ0v) is 11.1. The smallest absolute Gasteiger partial charge is 0.239 e. The molecule has 1 unspecified atom stereocenters. The molecular formula is C14H20FN3O. The largest absolute Gasteiger partial charge is 0.369 e. The van der Waals surface area contributed by atoms with Gasteiger partial charge in [-0.25, -0.2) is 4.39 Å². The van der Waals surface area contributed by atoms with Crippen molar-refractivity contribution < 1.29 is 9.18 Å². The van der Waals surface area contributed by atoms with E-state index in [1.165, 1.54) is 12.1 Å². The molecule has 0 saturated heterocycles. The molecule has 2 rings (SSSR count). The third-order valence-corrected chi connectivity index (χ3v) is 3.77. The first kappa shape index (κ1) is 13.8. The Labute approximate surface area is 112 Å². The summed E-state index contributed by atoms with van der Waals surface area (Å²) in [5.41, 5.74) is 11.3. The number of carbonyl (C=O) groups is 1. The van der Waals surface area contributed by atoms with Gasteiger partial charge in [-0.15, -0.1) is 0 Å². The lowest BCUT2D eigenvalue weighted by Gasteiger charge is -2.34. The summed E-state index contributed by atoms with van der Waals surface area (Å²) in [4.78, 5) is 13.5. The Kier molecular flexibility index (Phi) is 3.75. The highest BCUT2D eigenvalue weighted by atomic mass is 19.1. The molecule has 1 atom stereocenters. The molecule has 0 aromatic heterocycles. The van der Waals surface area contributed by atoms with Crippen molar-refractivity contribution in [2.75, 3.05) is 18.0 Å². The van der Waals surface area contributed by atoms with Gasteiger partial charge in [0.1, 0.15) is 11.4 Å². The molecule has 5 heteroatoms. The molecular weight excluding hydrogens is 245 g/mol. The average Bonchev–Trinajstić information content (AvgIpc) is 3.19. The van der Waals surface area contributed by atoms with E-state index in [1.54, 1.807) is 12.1 Å². The number of hydrogen-bond acceptors (Lipinski definition) is 3. The number of nitrogens with two attached hydrogens (primary N) is 2. The number of anilines is 1. The minimum Gasteiger partial charge on any atom is -0.369 e. The van der Waals surface area contributed by atoms with Gasteiger partial charge in [-0.05, 0) is 43.9 Å². The zero-order valence-electron chi connectivity index (χ0n) is 11.1. The molecule has 1 saturated carbocycles. The van der Waals surface area contributed by atoms with Crippen LogP contribution in [0.3, 0.4) is 0 Å². The highest BCUT2D eigenvalue weighted by Crippen LogP contribution is 2.39. The predicted octanol–water partition coefficient (Wildman–Crippen LogP) is 1.24. The predicted molar refractivity (Wildman–Crippen MR) is 73.1 cm³/mol. The van der Waals surface area contributed by atoms with Crippen molar-refractivity contribution in [3.05, 3.63) is 30.1 Å². The maximum Gasteiger partial charge on any atom is 0.239 e. The second kappa shape index (κ2) is 5.17. The van der Waals surface area contributed by atoms with Gasteiger partial charge in [-0.3, -0.25) is 4.79 Å². The van der Waals surface area contributed by atoms with Crippen LogP contribution >= 0.6 is 0 Å². The van der Waals surface area contributed by atoms with Gasteiger partial charge in [0.25, 0.3) is 0 Å². The molecule has 1 amide bonds. The summed E-state index contributed by atoms with van der Waals surface area (Å²) in [6, 6.07) is 6.29. The first-order chi connectivity index (χ1) is 8.97. The Morgan fingerprint density at radius 1 is 1.53 bits per heavy atom. The van der Waals surface area contributed by atoms with E-state index in [4.69, 9.17) is 11.5 Å². The number of nitrogens with zero attached hydrogens (tertiary/aromatic N) is 1. The number of rotatable bonds is 6. The minimum absolute atomic E-state index is 0.146. The molecule has 19 heavy (non-hydrogen) atoms. The lowest BCUT2D eigenvalue weighted by atomic mass is 9.92. The summed E-state index contributed by atoms with van der Waals surface area (Å²) >= 11 is 0. The number of likely N-dealkylation sites (N-methyl/N-ethyl adjacent to an activating group) is 1. The zero-order chi connectivity index (χ0) is 14.0. The van der Waals surface area contributed by atoms with Crippen LogP contribution in [0.2, 0.25) is 0 Å². The molecule has 1 aliphatic carbocycles. The second-order valence-electron chi connectivity index (χ2n) is 5.17. The van der Waals surface area contributed by atoms with Gasteiger partial charge < -0.3 is 16.4 Å². The summed E-state index contributed by atoms with van der Waals surface area (Å²) in [7, 11) is 0. The molecule has 0 heterocycles. The van der Waals surface area contributed by atoms with Crippen molar-refractivity contribution in [1.82, 2.24) is 0 Å². The summed E-state index contributed by atoms with van der Waals surface area (Å²) in [6.07, 6.45) is 1.86. The first-order valence-corrected chi connectivity index (χ1v) is 6.56. The molecule has 0 radical (unpaired) electrons. The molecule has 104 valence electrons. The molecule has 1 fully saturated rings. The molecule has 0 spiro atoms. The standard InChI is InChI=1S/C14H20FN3O/c1-2-18(12-5-3-4-11(15)8-12)9-14(17,13(16)19)10-6-7-10/h3-5,8,10H,2,6-7,9,17H2,1H3,(H2,16,19). The lowest BCUT2D eigenvalue weighted by Crippen LogP contribution is -2.60. The topological polar surface area (TPSA) is 72.3 Å². The van der Waals surface area contributed by atoms with Crippen molar-refractivity contribution in [3.63, 3.8) is 0 Å². The Morgan fingerprint density at radius 3 is 2.68 bits per heavy atom. The molecule has 1 aliphatic rings. The molecule has 4 nitrogen and oxygen atoms in total. The van der Waals surface area contributed by atoms with Crippen molar-refractivity contribution in [2.24, 2.45) is 17.4 Å². The van der Waals surface area contributed by atoms with Crippen LogP contribution in [0.5, 0.6) is 0 Å². The van der Waals surface area contributed by atoms with Crippen LogP contribution in [0, 0.1) is 11.7 Å². The fourth-order valence-electron chi connectivity index (χ4n) is 2.38. The van der Waals surface area contributed by atoms with Crippen molar-refractivity contribution >= 4 is 11.6 Å².